The first-order chi connectivity index (χ1) is 16.2. The summed E-state index contributed by atoms with van der Waals surface area (Å²) in [5.41, 5.74) is 5.30. The quantitative estimate of drug-likeness (QED) is 0.651. The first-order valence-electron chi connectivity index (χ1n) is 12.2. The van der Waals surface area contributed by atoms with E-state index >= 15 is 0 Å². The maximum atomic E-state index is 13.2. The summed E-state index contributed by atoms with van der Waals surface area (Å²) in [4.78, 5) is 28.9. The Balaban J connectivity index is 0.000000751. The van der Waals surface area contributed by atoms with Gasteiger partial charge in [0, 0.05) is 17.8 Å². The summed E-state index contributed by atoms with van der Waals surface area (Å²) in [6, 6.07) is 15.8. The lowest BCUT2D eigenvalue weighted by atomic mass is 9.88. The lowest BCUT2D eigenvalue weighted by Gasteiger charge is -2.45. The van der Waals surface area contributed by atoms with Gasteiger partial charge in [-0.25, -0.2) is 0 Å². The monoisotopic (exact) mass is 461 g/mol. The van der Waals surface area contributed by atoms with E-state index in [0.29, 0.717) is 23.9 Å². The number of nitrogens with zero attached hydrogens (tertiary/aromatic N) is 2. The fourth-order valence-corrected chi connectivity index (χ4v) is 4.94. The number of carbonyl (C=O) groups excluding carboxylic acids is 2. The van der Waals surface area contributed by atoms with Crippen molar-refractivity contribution in [3.05, 3.63) is 83.1 Å². The SMILES string of the molecule is C=C1C(C2Cc3ccccc3C2)NC(=O)[C@@H](CC(C)C)N1Cc1ccccc1C=O.CN(C)C. The zero-order valence-electron chi connectivity index (χ0n) is 21.3. The summed E-state index contributed by atoms with van der Waals surface area (Å²) in [6.45, 7) is 9.24. The highest BCUT2D eigenvalue weighted by atomic mass is 16.2. The Labute approximate surface area is 204 Å². The van der Waals surface area contributed by atoms with E-state index in [9.17, 15) is 9.59 Å². The van der Waals surface area contributed by atoms with Crippen molar-refractivity contribution in [1.29, 1.82) is 0 Å². The number of hydrogen-bond donors (Lipinski definition) is 1. The molecule has 2 atom stereocenters. The van der Waals surface area contributed by atoms with Gasteiger partial charge in [-0.2, -0.15) is 0 Å². The zero-order chi connectivity index (χ0) is 24.8. The van der Waals surface area contributed by atoms with Crippen LogP contribution in [0.3, 0.4) is 0 Å². The van der Waals surface area contributed by atoms with Gasteiger partial charge in [-0.3, -0.25) is 9.59 Å². The molecule has 1 heterocycles. The molecular weight excluding hydrogens is 422 g/mol. The Morgan fingerprint density at radius 3 is 2.18 bits per heavy atom. The highest BCUT2D eigenvalue weighted by Gasteiger charge is 2.41. The van der Waals surface area contributed by atoms with E-state index in [2.05, 4.69) is 54.9 Å². The van der Waals surface area contributed by atoms with E-state index in [1.807, 2.05) is 50.3 Å². The fourth-order valence-electron chi connectivity index (χ4n) is 4.94. The molecule has 2 aliphatic rings. The molecule has 0 radical (unpaired) electrons. The minimum atomic E-state index is -0.266. The number of rotatable bonds is 6. The van der Waals surface area contributed by atoms with E-state index in [-0.39, 0.29) is 18.0 Å². The maximum absolute atomic E-state index is 13.2. The van der Waals surface area contributed by atoms with Crippen molar-refractivity contribution in [2.75, 3.05) is 21.1 Å². The number of piperazine rings is 1. The molecular formula is C29H39N3O2. The Bertz CT molecular complexity index is 986. The summed E-state index contributed by atoms with van der Waals surface area (Å²) in [5, 5.41) is 3.29. The second-order valence-corrected chi connectivity index (χ2v) is 10.3. The molecule has 1 fully saturated rings. The molecule has 5 nitrogen and oxygen atoms in total. The summed E-state index contributed by atoms with van der Waals surface area (Å²) in [5.74, 6) is 0.757. The number of carbonyl (C=O) groups is 2. The van der Waals surface area contributed by atoms with E-state index in [0.717, 1.165) is 36.8 Å². The van der Waals surface area contributed by atoms with Crippen molar-refractivity contribution in [3.8, 4) is 0 Å². The van der Waals surface area contributed by atoms with Crippen LogP contribution in [0, 0.1) is 11.8 Å². The topological polar surface area (TPSA) is 52.7 Å². The average Bonchev–Trinajstić information content (AvgIpc) is 3.22. The van der Waals surface area contributed by atoms with Crippen LogP contribution in [0.5, 0.6) is 0 Å². The second-order valence-electron chi connectivity index (χ2n) is 10.3. The van der Waals surface area contributed by atoms with Gasteiger partial charge in [0.2, 0.25) is 5.91 Å². The van der Waals surface area contributed by atoms with Crippen LogP contribution in [0.1, 0.15) is 47.3 Å². The lowest BCUT2D eigenvalue weighted by Crippen LogP contribution is -2.60. The van der Waals surface area contributed by atoms with Crippen LogP contribution in [0.2, 0.25) is 0 Å². The second kappa shape index (κ2) is 11.5. The van der Waals surface area contributed by atoms with Gasteiger partial charge in [0.05, 0.1) is 6.04 Å². The van der Waals surface area contributed by atoms with Crippen molar-refractivity contribution in [1.82, 2.24) is 15.1 Å². The van der Waals surface area contributed by atoms with E-state index in [1.165, 1.54) is 11.1 Å². The standard InChI is InChI=1S/C26H30N2O2.C3H9N/c1-17(2)12-24-26(30)27-25(23-13-19-8-4-5-9-20(19)14-23)18(3)28(24)15-21-10-6-7-11-22(21)16-29;1-4(2)3/h4-11,16-17,23-25H,3,12-15H2,1-2H3,(H,27,30);1-3H3/t24-,25?;/m1./s1. The third-order valence-electron chi connectivity index (χ3n) is 6.48. The highest BCUT2D eigenvalue weighted by molar-refractivity contribution is 5.84. The van der Waals surface area contributed by atoms with Crippen LogP contribution in [0.15, 0.2) is 60.8 Å². The molecule has 2 aromatic carbocycles. The minimum Gasteiger partial charge on any atom is -0.357 e. The third kappa shape index (κ3) is 6.15. The van der Waals surface area contributed by atoms with E-state index < -0.39 is 0 Å². The molecule has 1 aliphatic carbocycles. The summed E-state index contributed by atoms with van der Waals surface area (Å²) in [6.07, 6.45) is 3.55. The predicted octanol–water partition coefficient (Wildman–Crippen LogP) is 4.32. The third-order valence-corrected chi connectivity index (χ3v) is 6.48. The summed E-state index contributed by atoms with van der Waals surface area (Å²) < 4.78 is 0. The van der Waals surface area contributed by atoms with Crippen molar-refractivity contribution in [3.63, 3.8) is 0 Å². The number of benzene rings is 2. The first-order valence-corrected chi connectivity index (χ1v) is 12.2. The molecule has 1 N–H and O–H groups in total. The number of amides is 1. The molecule has 5 heteroatoms. The van der Waals surface area contributed by atoms with Crippen molar-refractivity contribution in [2.45, 2.75) is 51.7 Å². The molecule has 1 amide bonds. The van der Waals surface area contributed by atoms with Gasteiger partial charge < -0.3 is 15.1 Å². The van der Waals surface area contributed by atoms with E-state index in [1.54, 1.807) is 0 Å². The number of aldehydes is 1. The van der Waals surface area contributed by atoms with Gasteiger partial charge in [0.1, 0.15) is 12.3 Å². The number of hydrogen-bond acceptors (Lipinski definition) is 4. The van der Waals surface area contributed by atoms with Crippen LogP contribution >= 0.6 is 0 Å². The van der Waals surface area contributed by atoms with Crippen molar-refractivity contribution < 1.29 is 9.59 Å². The van der Waals surface area contributed by atoms with Crippen LogP contribution in [-0.4, -0.2) is 55.2 Å². The molecule has 34 heavy (non-hydrogen) atoms. The fraction of sp³-hybridized carbons (Fsp3) is 0.448. The normalized spacial score (nSPS) is 20.1. The predicted molar refractivity (Wildman–Crippen MR) is 139 cm³/mol. The van der Waals surface area contributed by atoms with Crippen LogP contribution in [0.25, 0.3) is 0 Å². The summed E-state index contributed by atoms with van der Waals surface area (Å²) >= 11 is 0. The van der Waals surface area contributed by atoms with Gasteiger partial charge in [-0.05, 0) is 68.9 Å². The molecule has 4 rings (SSSR count). The summed E-state index contributed by atoms with van der Waals surface area (Å²) in [7, 11) is 6.00. The average molecular weight is 462 g/mol. The Morgan fingerprint density at radius 2 is 1.62 bits per heavy atom. The zero-order valence-corrected chi connectivity index (χ0v) is 21.3. The Kier molecular flexibility index (Phi) is 8.67. The van der Waals surface area contributed by atoms with Gasteiger partial charge in [0.15, 0.2) is 0 Å². The highest BCUT2D eigenvalue weighted by Crippen LogP contribution is 2.35. The molecule has 182 valence electrons. The molecule has 1 aliphatic heterocycles. The molecule has 1 unspecified atom stereocenters. The molecule has 1 saturated heterocycles. The van der Waals surface area contributed by atoms with Gasteiger partial charge in [-0.15, -0.1) is 0 Å². The molecule has 0 spiro atoms. The molecule has 0 bridgehead atoms. The van der Waals surface area contributed by atoms with Crippen LogP contribution in [0.4, 0.5) is 0 Å². The van der Waals surface area contributed by atoms with Gasteiger partial charge in [-0.1, -0.05) is 69.0 Å². The smallest absolute Gasteiger partial charge is 0.243 e. The van der Waals surface area contributed by atoms with Crippen LogP contribution in [-0.2, 0) is 24.2 Å². The van der Waals surface area contributed by atoms with Crippen molar-refractivity contribution in [2.24, 2.45) is 11.8 Å². The van der Waals surface area contributed by atoms with E-state index in [4.69, 9.17) is 0 Å². The maximum Gasteiger partial charge on any atom is 0.243 e. The largest absolute Gasteiger partial charge is 0.357 e. The number of fused-ring (bicyclic) bond motifs is 1. The Morgan fingerprint density at radius 1 is 1.06 bits per heavy atom. The molecule has 2 aromatic rings. The molecule has 0 aromatic heterocycles. The first kappa shape index (κ1) is 25.7. The lowest BCUT2D eigenvalue weighted by molar-refractivity contribution is -0.130. The minimum absolute atomic E-state index is 0.0700. The van der Waals surface area contributed by atoms with Gasteiger partial charge >= 0.3 is 0 Å². The Hall–Kier alpha value is -2.92. The van der Waals surface area contributed by atoms with Crippen LogP contribution < -0.4 is 5.32 Å². The number of nitrogens with one attached hydrogen (secondary N) is 1. The molecule has 0 saturated carbocycles. The van der Waals surface area contributed by atoms with Crippen molar-refractivity contribution >= 4 is 12.2 Å². The van der Waals surface area contributed by atoms with Gasteiger partial charge in [0.25, 0.3) is 0 Å².